The normalized spacial score (nSPS) is 11.9. The van der Waals surface area contributed by atoms with Crippen LogP contribution >= 0.6 is 0 Å². The molecule has 0 N–H and O–H groups in total. The summed E-state index contributed by atoms with van der Waals surface area (Å²) in [7, 11) is 0.416. The molecule has 0 unspecified atom stereocenters. The van der Waals surface area contributed by atoms with Gasteiger partial charge in [0.05, 0.1) is 5.76 Å². The first-order valence-electron chi connectivity index (χ1n) is 4.85. The van der Waals surface area contributed by atoms with E-state index in [1.807, 2.05) is 25.1 Å². The highest BCUT2D eigenvalue weighted by molar-refractivity contribution is 6.47. The van der Waals surface area contributed by atoms with E-state index in [9.17, 15) is 0 Å². The summed E-state index contributed by atoms with van der Waals surface area (Å²) >= 11 is 0. The molecule has 0 aliphatic heterocycles. The second kappa shape index (κ2) is 5.65. The molecule has 0 saturated carbocycles. The van der Waals surface area contributed by atoms with Gasteiger partial charge in [-0.2, -0.15) is 0 Å². The minimum atomic E-state index is 0.416. The van der Waals surface area contributed by atoms with Crippen molar-refractivity contribution >= 4 is 14.9 Å². The molecule has 0 atom stereocenters. The van der Waals surface area contributed by atoms with Gasteiger partial charge in [0.2, 0.25) is 0 Å². The van der Waals surface area contributed by atoms with Crippen molar-refractivity contribution in [3.8, 4) is 0 Å². The first kappa shape index (κ1) is 11.1. The van der Waals surface area contributed by atoms with Gasteiger partial charge in [0.1, 0.15) is 0 Å². The number of allylic oxidation sites excluding steroid dienone is 2. The molecule has 0 bridgehead atoms. The van der Waals surface area contributed by atoms with Gasteiger partial charge in [0, 0.05) is 0 Å². The highest BCUT2D eigenvalue weighted by atomic mass is 28.2. The van der Waals surface area contributed by atoms with Crippen LogP contribution in [0.2, 0.25) is 0 Å². The van der Waals surface area contributed by atoms with Crippen LogP contribution in [0.5, 0.6) is 0 Å². The zero-order valence-electron chi connectivity index (χ0n) is 8.95. The smallest absolute Gasteiger partial charge is 0.350 e. The lowest BCUT2D eigenvalue weighted by Crippen LogP contribution is -2.16. The van der Waals surface area contributed by atoms with Crippen molar-refractivity contribution in [1.29, 1.82) is 0 Å². The zero-order chi connectivity index (χ0) is 10.4. The molecule has 0 heterocycles. The largest absolute Gasteiger partial charge is 0.539 e. The highest BCUT2D eigenvalue weighted by Gasteiger charge is 1.97. The van der Waals surface area contributed by atoms with Crippen LogP contribution in [0, 0.1) is 5.92 Å². The molecule has 1 rings (SSSR count). The average Bonchev–Trinajstić information content (AvgIpc) is 2.15. The molecule has 0 fully saturated rings. The summed E-state index contributed by atoms with van der Waals surface area (Å²) in [4.78, 5) is 0. The molecule has 1 aromatic carbocycles. The fraction of sp³-hybridized carbons (Fsp3) is 0.333. The van der Waals surface area contributed by atoms with E-state index in [4.69, 9.17) is 4.43 Å². The van der Waals surface area contributed by atoms with E-state index in [2.05, 4.69) is 32.1 Å². The molecular formula is C12H16OSi. The van der Waals surface area contributed by atoms with Crippen molar-refractivity contribution in [3.05, 3.63) is 42.2 Å². The molecule has 1 nitrogen and oxygen atoms in total. The molecule has 0 aromatic heterocycles. The standard InChI is InChI=1S/C12H16OSi/c1-10(2)9-11(3)13-14-12-7-5-4-6-8-12/h4-10H,1-3H3/b11-9-. The van der Waals surface area contributed by atoms with Gasteiger partial charge in [0.15, 0.2) is 0 Å². The number of rotatable bonds is 4. The van der Waals surface area contributed by atoms with E-state index < -0.39 is 0 Å². The fourth-order valence-corrected chi connectivity index (χ4v) is 1.82. The Kier molecular flexibility index (Phi) is 4.46. The van der Waals surface area contributed by atoms with Crippen LogP contribution in [0.15, 0.2) is 42.2 Å². The van der Waals surface area contributed by atoms with E-state index in [1.54, 1.807) is 0 Å². The molecule has 1 aromatic rings. The Morgan fingerprint density at radius 1 is 1.29 bits per heavy atom. The predicted octanol–water partition coefficient (Wildman–Crippen LogP) is 2.51. The summed E-state index contributed by atoms with van der Waals surface area (Å²) in [5.74, 6) is 1.57. The summed E-state index contributed by atoms with van der Waals surface area (Å²) in [6.07, 6.45) is 2.13. The van der Waals surface area contributed by atoms with Gasteiger partial charge in [-0.05, 0) is 24.1 Å². The van der Waals surface area contributed by atoms with E-state index >= 15 is 0 Å². The average molecular weight is 204 g/mol. The Bertz CT molecular complexity index is 290. The van der Waals surface area contributed by atoms with Gasteiger partial charge in [0.25, 0.3) is 0 Å². The second-order valence-corrected chi connectivity index (χ2v) is 4.58. The summed E-state index contributed by atoms with van der Waals surface area (Å²) in [5, 5.41) is 1.24. The van der Waals surface area contributed by atoms with E-state index in [-0.39, 0.29) is 0 Å². The maximum absolute atomic E-state index is 5.63. The lowest BCUT2D eigenvalue weighted by atomic mass is 10.2. The third-order valence-electron chi connectivity index (χ3n) is 1.67. The lowest BCUT2D eigenvalue weighted by molar-refractivity contribution is 0.455. The van der Waals surface area contributed by atoms with Crippen molar-refractivity contribution in [1.82, 2.24) is 0 Å². The first-order chi connectivity index (χ1) is 6.68. The minimum Gasteiger partial charge on any atom is -0.539 e. The molecule has 0 aliphatic carbocycles. The van der Waals surface area contributed by atoms with Crippen molar-refractivity contribution in [2.24, 2.45) is 5.92 Å². The van der Waals surface area contributed by atoms with E-state index in [0.717, 1.165) is 5.76 Å². The van der Waals surface area contributed by atoms with Gasteiger partial charge >= 0.3 is 9.76 Å². The molecule has 2 heteroatoms. The molecule has 74 valence electrons. The van der Waals surface area contributed by atoms with Gasteiger partial charge in [-0.15, -0.1) is 0 Å². The quantitative estimate of drug-likeness (QED) is 0.541. The third-order valence-corrected chi connectivity index (χ3v) is 2.66. The SMILES string of the molecule is C/C(=C/C(C)C)O[Si]c1ccccc1. The Labute approximate surface area is 88.7 Å². The molecule has 0 amide bonds. The zero-order valence-corrected chi connectivity index (χ0v) is 9.95. The fourth-order valence-electron chi connectivity index (χ4n) is 1.15. The topological polar surface area (TPSA) is 9.23 Å². The first-order valence-corrected chi connectivity index (χ1v) is 5.75. The Morgan fingerprint density at radius 2 is 1.93 bits per heavy atom. The van der Waals surface area contributed by atoms with Crippen LogP contribution in [-0.2, 0) is 4.43 Å². The van der Waals surface area contributed by atoms with Crippen LogP contribution in [0.3, 0.4) is 0 Å². The number of hydrogen-bond acceptors (Lipinski definition) is 1. The number of benzene rings is 1. The monoisotopic (exact) mass is 204 g/mol. The van der Waals surface area contributed by atoms with Crippen molar-refractivity contribution in [2.45, 2.75) is 20.8 Å². The maximum Gasteiger partial charge on any atom is 0.350 e. The van der Waals surface area contributed by atoms with Crippen molar-refractivity contribution < 1.29 is 4.43 Å². The van der Waals surface area contributed by atoms with E-state index in [1.165, 1.54) is 5.19 Å². The second-order valence-electron chi connectivity index (χ2n) is 3.59. The van der Waals surface area contributed by atoms with Crippen LogP contribution in [0.4, 0.5) is 0 Å². The molecule has 0 saturated heterocycles. The minimum absolute atomic E-state index is 0.416. The molecule has 0 spiro atoms. The van der Waals surface area contributed by atoms with Gasteiger partial charge in [-0.3, -0.25) is 0 Å². The van der Waals surface area contributed by atoms with Gasteiger partial charge in [-0.1, -0.05) is 44.2 Å². The van der Waals surface area contributed by atoms with Crippen molar-refractivity contribution in [2.75, 3.05) is 0 Å². The van der Waals surface area contributed by atoms with Gasteiger partial charge in [-0.25, -0.2) is 0 Å². The number of hydrogen-bond donors (Lipinski definition) is 0. The van der Waals surface area contributed by atoms with Crippen LogP contribution in [0.1, 0.15) is 20.8 Å². The van der Waals surface area contributed by atoms with Crippen LogP contribution in [0.25, 0.3) is 0 Å². The molecule has 2 radical (unpaired) electrons. The lowest BCUT2D eigenvalue weighted by Gasteiger charge is -2.05. The summed E-state index contributed by atoms with van der Waals surface area (Å²) in [6.45, 7) is 6.31. The summed E-state index contributed by atoms with van der Waals surface area (Å²) in [6, 6.07) is 10.3. The maximum atomic E-state index is 5.63. The molecule has 14 heavy (non-hydrogen) atoms. The molecule has 0 aliphatic rings. The van der Waals surface area contributed by atoms with Gasteiger partial charge < -0.3 is 4.43 Å². The molecular weight excluding hydrogens is 188 g/mol. The van der Waals surface area contributed by atoms with E-state index in [0.29, 0.717) is 15.7 Å². The Hall–Kier alpha value is -1.02. The van der Waals surface area contributed by atoms with Crippen LogP contribution in [-0.4, -0.2) is 9.76 Å². The Morgan fingerprint density at radius 3 is 2.50 bits per heavy atom. The summed E-state index contributed by atoms with van der Waals surface area (Å²) in [5.41, 5.74) is 0. The summed E-state index contributed by atoms with van der Waals surface area (Å²) < 4.78 is 5.63. The predicted molar refractivity (Wildman–Crippen MR) is 61.5 cm³/mol. The highest BCUT2D eigenvalue weighted by Crippen LogP contribution is 2.01. The van der Waals surface area contributed by atoms with Crippen LogP contribution < -0.4 is 5.19 Å². The third kappa shape index (κ3) is 4.28. The van der Waals surface area contributed by atoms with Crippen molar-refractivity contribution in [3.63, 3.8) is 0 Å². The Balaban J connectivity index is 2.42.